The second-order valence-electron chi connectivity index (χ2n) is 3.75. The fraction of sp³-hybridized carbons (Fsp3) is 0.0909. The molecule has 0 unspecified atom stereocenters. The maximum atomic E-state index is 12.8. The van der Waals surface area contributed by atoms with Crippen LogP contribution >= 0.6 is 23.2 Å². The van der Waals surface area contributed by atoms with Crippen LogP contribution in [0.25, 0.3) is 5.82 Å². The van der Waals surface area contributed by atoms with Crippen molar-refractivity contribution in [3.8, 4) is 5.82 Å². The largest absolute Gasteiger partial charge is 0.478 e. The lowest BCUT2D eigenvalue weighted by atomic mass is 10.2. The third-order valence-corrected chi connectivity index (χ3v) is 2.88. The third-order valence-electron chi connectivity index (χ3n) is 2.40. The van der Waals surface area contributed by atoms with Gasteiger partial charge in [-0.25, -0.2) is 9.78 Å². The van der Waals surface area contributed by atoms with Crippen molar-refractivity contribution >= 4 is 29.2 Å². The number of carboxylic acids is 1. The first kappa shape index (κ1) is 14.7. The van der Waals surface area contributed by atoms with Gasteiger partial charge in [0, 0.05) is 18.6 Å². The third kappa shape index (κ3) is 2.73. The van der Waals surface area contributed by atoms with Gasteiger partial charge in [-0.05, 0) is 6.07 Å². The number of rotatable bonds is 2. The lowest BCUT2D eigenvalue weighted by molar-refractivity contribution is -0.138. The van der Waals surface area contributed by atoms with Gasteiger partial charge < -0.3 is 9.67 Å². The monoisotopic (exact) mass is 324 g/mol. The number of aromatic carboxylic acids is 1. The normalized spacial score (nSPS) is 11.7. The Bertz CT molecular complexity index is 683. The predicted molar refractivity (Wildman–Crippen MR) is 65.5 cm³/mol. The maximum Gasteiger partial charge on any atom is 0.418 e. The minimum Gasteiger partial charge on any atom is -0.478 e. The van der Waals surface area contributed by atoms with Crippen LogP contribution in [0.1, 0.15) is 15.9 Å². The molecule has 0 spiro atoms. The molecule has 2 aromatic heterocycles. The zero-order valence-corrected chi connectivity index (χ0v) is 11.0. The van der Waals surface area contributed by atoms with E-state index in [1.54, 1.807) is 0 Å². The topological polar surface area (TPSA) is 55.1 Å². The lowest BCUT2D eigenvalue weighted by Gasteiger charge is -2.05. The van der Waals surface area contributed by atoms with Gasteiger partial charge in [0.05, 0.1) is 21.2 Å². The number of hydrogen-bond acceptors (Lipinski definition) is 2. The first-order valence-electron chi connectivity index (χ1n) is 5.04. The fourth-order valence-corrected chi connectivity index (χ4v) is 2.05. The van der Waals surface area contributed by atoms with E-state index in [2.05, 4.69) is 4.98 Å². The highest BCUT2D eigenvalue weighted by atomic mass is 35.5. The Kier molecular flexibility index (Phi) is 3.66. The van der Waals surface area contributed by atoms with Crippen LogP contribution < -0.4 is 0 Å². The van der Waals surface area contributed by atoms with Gasteiger partial charge in [0.25, 0.3) is 0 Å². The Hall–Kier alpha value is -1.73. The van der Waals surface area contributed by atoms with Crippen molar-refractivity contribution in [3.05, 3.63) is 45.8 Å². The van der Waals surface area contributed by atoms with E-state index in [9.17, 15) is 18.0 Å². The van der Waals surface area contributed by atoms with E-state index in [1.807, 2.05) is 0 Å². The van der Waals surface area contributed by atoms with Crippen molar-refractivity contribution in [3.63, 3.8) is 0 Å². The summed E-state index contributed by atoms with van der Waals surface area (Å²) in [6.07, 6.45) is -2.19. The summed E-state index contributed by atoms with van der Waals surface area (Å²) >= 11 is 11.5. The standard InChI is InChI=1S/C11H5Cl2F3N2O2/c12-5-1-8(13)9(17-2-5)18-3-6(10(19)20)7(4-18)11(14,15)16/h1-4H,(H,19,20). The first-order valence-corrected chi connectivity index (χ1v) is 5.79. The van der Waals surface area contributed by atoms with Crippen molar-refractivity contribution in [1.82, 2.24) is 9.55 Å². The van der Waals surface area contributed by atoms with E-state index >= 15 is 0 Å². The Labute approximate surface area is 120 Å². The summed E-state index contributed by atoms with van der Waals surface area (Å²) in [5.74, 6) is -1.74. The molecule has 0 aromatic carbocycles. The number of hydrogen-bond donors (Lipinski definition) is 1. The summed E-state index contributed by atoms with van der Waals surface area (Å²) < 4.78 is 39.1. The molecule has 0 fully saturated rings. The molecular weight excluding hydrogens is 320 g/mol. The summed E-state index contributed by atoms with van der Waals surface area (Å²) in [5, 5.41) is 9.02. The highest BCUT2D eigenvalue weighted by Gasteiger charge is 2.37. The van der Waals surface area contributed by atoms with Crippen molar-refractivity contribution in [2.24, 2.45) is 0 Å². The predicted octanol–water partition coefficient (Wildman–Crippen LogP) is 3.90. The van der Waals surface area contributed by atoms with Gasteiger partial charge in [-0.1, -0.05) is 23.2 Å². The molecule has 4 nitrogen and oxygen atoms in total. The Morgan fingerprint density at radius 3 is 2.40 bits per heavy atom. The van der Waals surface area contributed by atoms with Crippen molar-refractivity contribution in [2.75, 3.05) is 0 Å². The quantitative estimate of drug-likeness (QED) is 0.911. The number of carboxylic acid groups (broad SMARTS) is 1. The van der Waals surface area contributed by atoms with Crippen LogP contribution in [0.3, 0.4) is 0 Å². The van der Waals surface area contributed by atoms with Gasteiger partial charge in [-0.3, -0.25) is 0 Å². The number of alkyl halides is 3. The van der Waals surface area contributed by atoms with E-state index in [4.69, 9.17) is 28.3 Å². The summed E-state index contributed by atoms with van der Waals surface area (Å²) in [7, 11) is 0. The molecule has 106 valence electrons. The molecule has 0 bridgehead atoms. The Morgan fingerprint density at radius 2 is 1.95 bits per heavy atom. The molecule has 2 heterocycles. The molecule has 0 aliphatic heterocycles. The van der Waals surface area contributed by atoms with Crippen LogP contribution in [0.15, 0.2) is 24.7 Å². The molecule has 0 amide bonds. The smallest absolute Gasteiger partial charge is 0.418 e. The van der Waals surface area contributed by atoms with Gasteiger partial charge in [-0.2, -0.15) is 13.2 Å². The minimum atomic E-state index is -4.79. The van der Waals surface area contributed by atoms with Gasteiger partial charge >= 0.3 is 12.1 Å². The summed E-state index contributed by atoms with van der Waals surface area (Å²) in [6, 6.07) is 1.29. The van der Waals surface area contributed by atoms with Crippen LogP contribution in [-0.2, 0) is 6.18 Å². The molecule has 2 rings (SSSR count). The summed E-state index contributed by atoms with van der Waals surface area (Å²) in [4.78, 5) is 14.6. The van der Waals surface area contributed by atoms with Crippen LogP contribution in [-0.4, -0.2) is 20.6 Å². The zero-order chi connectivity index (χ0) is 15.1. The molecule has 0 saturated carbocycles. The van der Waals surface area contributed by atoms with Gasteiger partial charge in [0.1, 0.15) is 0 Å². The molecule has 0 aliphatic rings. The molecule has 0 atom stereocenters. The molecule has 2 aromatic rings. The van der Waals surface area contributed by atoms with E-state index in [1.165, 1.54) is 12.3 Å². The molecule has 0 saturated heterocycles. The lowest BCUT2D eigenvalue weighted by Crippen LogP contribution is -2.09. The molecule has 0 aliphatic carbocycles. The number of pyridine rings is 1. The number of aromatic nitrogens is 2. The Balaban J connectivity index is 2.62. The number of nitrogens with zero attached hydrogens (tertiary/aromatic N) is 2. The van der Waals surface area contributed by atoms with Crippen molar-refractivity contribution < 1.29 is 23.1 Å². The second kappa shape index (κ2) is 4.99. The van der Waals surface area contributed by atoms with E-state index in [-0.39, 0.29) is 15.9 Å². The average Bonchev–Trinajstić information content (AvgIpc) is 2.73. The highest BCUT2D eigenvalue weighted by molar-refractivity contribution is 6.35. The molecule has 20 heavy (non-hydrogen) atoms. The zero-order valence-electron chi connectivity index (χ0n) is 9.45. The van der Waals surface area contributed by atoms with E-state index in [0.29, 0.717) is 6.20 Å². The molecule has 9 heteroatoms. The Morgan fingerprint density at radius 1 is 1.30 bits per heavy atom. The fourth-order valence-electron chi connectivity index (χ4n) is 1.57. The van der Waals surface area contributed by atoms with Gasteiger partial charge in [-0.15, -0.1) is 0 Å². The summed E-state index contributed by atoms with van der Waals surface area (Å²) in [6.45, 7) is 0. The summed E-state index contributed by atoms with van der Waals surface area (Å²) in [5.41, 5.74) is -2.16. The van der Waals surface area contributed by atoms with Crippen molar-refractivity contribution in [1.29, 1.82) is 0 Å². The SMILES string of the molecule is O=C(O)c1cn(-c2ncc(Cl)cc2Cl)cc1C(F)(F)F. The van der Waals surface area contributed by atoms with Crippen LogP contribution in [0, 0.1) is 0 Å². The average molecular weight is 325 g/mol. The van der Waals surface area contributed by atoms with Crippen LogP contribution in [0.5, 0.6) is 0 Å². The minimum absolute atomic E-state index is 0.00170. The van der Waals surface area contributed by atoms with Gasteiger partial charge in [0.15, 0.2) is 5.82 Å². The first-order chi connectivity index (χ1) is 9.20. The number of carbonyl (C=O) groups is 1. The van der Waals surface area contributed by atoms with Crippen molar-refractivity contribution in [2.45, 2.75) is 6.18 Å². The van der Waals surface area contributed by atoms with Crippen LogP contribution in [0.2, 0.25) is 10.0 Å². The van der Waals surface area contributed by atoms with E-state index in [0.717, 1.165) is 10.8 Å². The van der Waals surface area contributed by atoms with Crippen LogP contribution in [0.4, 0.5) is 13.2 Å². The van der Waals surface area contributed by atoms with Gasteiger partial charge in [0.2, 0.25) is 0 Å². The van der Waals surface area contributed by atoms with E-state index < -0.39 is 23.3 Å². The highest BCUT2D eigenvalue weighted by Crippen LogP contribution is 2.34. The molecule has 1 N–H and O–H groups in total. The molecule has 0 radical (unpaired) electrons. The maximum absolute atomic E-state index is 12.8. The molecular formula is C11H5Cl2F3N2O2. The second-order valence-corrected chi connectivity index (χ2v) is 4.60. The number of halogens is 5.